The first-order chi connectivity index (χ1) is 41.8. The summed E-state index contributed by atoms with van der Waals surface area (Å²) in [5, 5.41) is 37.3. The number of aliphatic hydroxyl groups is 1. The molecule has 1 aromatic carbocycles. The molecule has 1 aliphatic heterocycles. The largest absolute Gasteiger partial charge is 0.449 e. The molecule has 9 atom stereocenters. The third-order valence-corrected chi connectivity index (χ3v) is 13.8. The van der Waals surface area contributed by atoms with Crippen molar-refractivity contribution in [3.05, 3.63) is 35.9 Å². The number of hydrogen-bond acceptors (Lipinski definition) is 17. The van der Waals surface area contributed by atoms with E-state index in [0.29, 0.717) is 37.1 Å². The predicted molar refractivity (Wildman–Crippen MR) is 334 cm³/mol. The van der Waals surface area contributed by atoms with Gasteiger partial charge in [-0.05, 0) is 101 Å². The summed E-state index contributed by atoms with van der Waals surface area (Å²) >= 11 is 3.99. The SMILES string of the molecule is CC(C)C[C@H](NC(=O)[C@H](Cc1ccccc1)NC(=O)[C@H](CO)NC(=O)[C@H](CCCN=C(N)N)NC(=O)[C@@H]1CCCN1)C(=O)N[C@H](C(=O)N[C@@H](CCCN=C(N)N)C(=O)N[C@@H](CCCN=C(N)N)C(=O)N[C@@H](CCCCNC(=O)OCCS)C(N)=O)C(C)C. The Balaban J connectivity index is 2.43. The number of primary amides is 1. The van der Waals surface area contributed by atoms with E-state index in [4.69, 9.17) is 44.9 Å². The van der Waals surface area contributed by atoms with Crippen molar-refractivity contribution < 1.29 is 57.8 Å². The molecule has 1 aromatic rings. The monoisotopic (exact) mass is 1260 g/mol. The second-order valence-electron chi connectivity index (χ2n) is 21.8. The predicted octanol–water partition coefficient (Wildman–Crippen LogP) is -4.97. The Labute approximate surface area is 519 Å². The molecule has 0 bridgehead atoms. The molecule has 25 N–H and O–H groups in total. The van der Waals surface area contributed by atoms with E-state index in [1.807, 2.05) is 0 Å². The van der Waals surface area contributed by atoms with Gasteiger partial charge in [0.1, 0.15) is 54.9 Å². The Morgan fingerprint density at radius 1 is 0.580 bits per heavy atom. The molecule has 2 rings (SSSR count). The number of rotatable bonds is 42. The van der Waals surface area contributed by atoms with Gasteiger partial charge in [0, 0.05) is 38.4 Å². The van der Waals surface area contributed by atoms with Crippen molar-refractivity contribution in [2.45, 2.75) is 166 Å². The summed E-state index contributed by atoms with van der Waals surface area (Å²) in [6.07, 6.45) is 1.82. The van der Waals surface area contributed by atoms with Gasteiger partial charge in [-0.1, -0.05) is 58.0 Å². The van der Waals surface area contributed by atoms with Gasteiger partial charge in [0.05, 0.1) is 12.6 Å². The highest BCUT2D eigenvalue weighted by molar-refractivity contribution is 7.80. The van der Waals surface area contributed by atoms with Crippen molar-refractivity contribution in [2.24, 2.45) is 66.9 Å². The Kier molecular flexibility index (Phi) is 36.1. The summed E-state index contributed by atoms with van der Waals surface area (Å²) in [5.74, 6) is -8.35. The van der Waals surface area contributed by atoms with E-state index in [1.165, 1.54) is 0 Å². The molecule has 1 fully saturated rings. The maximum absolute atomic E-state index is 14.5. The summed E-state index contributed by atoms with van der Waals surface area (Å²) in [7, 11) is 0. The summed E-state index contributed by atoms with van der Waals surface area (Å²) in [4.78, 5) is 149. The summed E-state index contributed by atoms with van der Waals surface area (Å²) < 4.78 is 4.92. The van der Waals surface area contributed by atoms with E-state index in [2.05, 4.69) is 80.8 Å². The molecule has 0 radical (unpaired) electrons. The maximum atomic E-state index is 14.5. The molecule has 0 aliphatic carbocycles. The van der Waals surface area contributed by atoms with Crippen LogP contribution in [0.4, 0.5) is 4.79 Å². The highest BCUT2D eigenvalue weighted by Crippen LogP contribution is 2.14. The van der Waals surface area contributed by atoms with Gasteiger partial charge < -0.3 is 103 Å². The van der Waals surface area contributed by atoms with E-state index >= 15 is 0 Å². The zero-order valence-electron chi connectivity index (χ0n) is 50.9. The molecule has 32 nitrogen and oxygen atoms in total. The van der Waals surface area contributed by atoms with E-state index in [0.717, 1.165) is 6.42 Å². The van der Waals surface area contributed by atoms with Crippen LogP contribution in [0.5, 0.6) is 0 Å². The molecule has 0 saturated carbocycles. The third kappa shape index (κ3) is 30.9. The van der Waals surface area contributed by atoms with Gasteiger partial charge in [0.2, 0.25) is 53.2 Å². The van der Waals surface area contributed by atoms with Crippen LogP contribution in [-0.4, -0.2) is 188 Å². The second kappa shape index (κ2) is 41.8. The lowest BCUT2D eigenvalue weighted by Gasteiger charge is -2.29. The second-order valence-corrected chi connectivity index (χ2v) is 22.3. The number of ether oxygens (including phenoxy) is 1. The smallest absolute Gasteiger partial charge is 0.407 e. The van der Waals surface area contributed by atoms with Crippen LogP contribution < -0.4 is 93.3 Å². The van der Waals surface area contributed by atoms with Crippen molar-refractivity contribution in [3.63, 3.8) is 0 Å². The zero-order chi connectivity index (χ0) is 65.7. The number of amides is 10. The number of benzene rings is 1. The molecule has 0 aromatic heterocycles. The van der Waals surface area contributed by atoms with Crippen molar-refractivity contribution in [1.82, 2.24) is 53.2 Å². The van der Waals surface area contributed by atoms with Crippen LogP contribution in [-0.2, 0) is 54.3 Å². The molecule has 0 unspecified atom stereocenters. The first-order valence-electron chi connectivity index (χ1n) is 29.5. The van der Waals surface area contributed by atoms with Gasteiger partial charge in [0.15, 0.2) is 17.9 Å². The van der Waals surface area contributed by atoms with Gasteiger partial charge >= 0.3 is 6.09 Å². The molecule has 10 amide bonds. The van der Waals surface area contributed by atoms with Gasteiger partial charge in [-0.3, -0.25) is 58.1 Å². The van der Waals surface area contributed by atoms with Crippen LogP contribution in [0, 0.1) is 11.8 Å². The fourth-order valence-electron chi connectivity index (χ4n) is 9.00. The van der Waals surface area contributed by atoms with Crippen LogP contribution in [0.25, 0.3) is 0 Å². The lowest BCUT2D eigenvalue weighted by Crippen LogP contribution is -2.61. The summed E-state index contributed by atoms with van der Waals surface area (Å²) in [6.45, 7) is 7.07. The van der Waals surface area contributed by atoms with Crippen LogP contribution in [0.1, 0.15) is 110 Å². The van der Waals surface area contributed by atoms with E-state index < -0.39 is 126 Å². The van der Waals surface area contributed by atoms with E-state index in [-0.39, 0.29) is 114 Å². The molecular formula is C55H96N20O12S. The first-order valence-corrected chi connectivity index (χ1v) is 30.2. The van der Waals surface area contributed by atoms with E-state index in [9.17, 15) is 53.1 Å². The highest BCUT2D eigenvalue weighted by atomic mass is 32.1. The molecular weight excluding hydrogens is 1160 g/mol. The number of carbonyl (C=O) groups is 10. The summed E-state index contributed by atoms with van der Waals surface area (Å²) in [6, 6.07) is -2.77. The number of nitrogens with two attached hydrogens (primary N) is 7. The van der Waals surface area contributed by atoms with Crippen molar-refractivity contribution >= 4 is 89.8 Å². The highest BCUT2D eigenvalue weighted by Gasteiger charge is 2.36. The fourth-order valence-corrected chi connectivity index (χ4v) is 9.10. The van der Waals surface area contributed by atoms with E-state index in [1.54, 1.807) is 58.0 Å². The number of alkyl carbamates (subject to hydrolysis) is 1. The quantitative estimate of drug-likeness (QED) is 0.0126. The number of nitrogens with one attached hydrogen (secondary N) is 10. The maximum Gasteiger partial charge on any atom is 0.407 e. The van der Waals surface area contributed by atoms with Gasteiger partial charge in [-0.25, -0.2) is 4.79 Å². The lowest BCUT2D eigenvalue weighted by atomic mass is 9.98. The van der Waals surface area contributed by atoms with Crippen LogP contribution in [0.3, 0.4) is 0 Å². The Morgan fingerprint density at radius 2 is 1.03 bits per heavy atom. The molecule has 1 heterocycles. The minimum absolute atomic E-state index is 0.0281. The molecule has 88 heavy (non-hydrogen) atoms. The van der Waals surface area contributed by atoms with Crippen LogP contribution >= 0.6 is 12.6 Å². The standard InChI is InChI=1S/C55H96N20O12S/c1-31(2)28-39(72-48(82)40(29-33-14-6-5-7-15-33)73-50(84)41(30-76)74-47(81)37(19-12-24-65-53(59)60)69-44(78)35-17-10-22-63-35)49(83)75-42(32(3)4)51(85)71-38(20-13-25-66-54(61)62)46(80)70-36(18-11-23-64-52(57)58)45(79)68-34(43(56)77)16-8-9-21-67-55(86)87-26-27-88/h5-7,14-15,31-32,34-42,63,76,88H,8-13,16-30H2,1-4H3,(H2,56,77)(H,67,86)(H,68,79)(H,69,78)(H,70,80)(H,71,85)(H,72,82)(H,73,84)(H,74,81)(H,75,83)(H4,57,58,64)(H4,59,60,65)(H4,61,62,66)/t34-,35-,36-,37-,38-,39-,40-,41-,42-/m0/s1. The zero-order valence-corrected chi connectivity index (χ0v) is 51.7. The van der Waals surface area contributed by atoms with Gasteiger partial charge in [0.25, 0.3) is 0 Å². The number of nitrogens with zero attached hydrogens (tertiary/aromatic N) is 3. The minimum atomic E-state index is -1.62. The number of guanidine groups is 3. The topological polar surface area (TPSA) is 540 Å². The first kappa shape index (κ1) is 75.9. The van der Waals surface area contributed by atoms with Crippen molar-refractivity contribution in [3.8, 4) is 0 Å². The van der Waals surface area contributed by atoms with Crippen LogP contribution in [0.15, 0.2) is 45.3 Å². The summed E-state index contributed by atoms with van der Waals surface area (Å²) in [5.41, 5.74) is 39.3. The number of carbonyl (C=O) groups excluding carboxylic acids is 10. The third-order valence-electron chi connectivity index (χ3n) is 13.6. The van der Waals surface area contributed by atoms with Gasteiger partial charge in [-0.2, -0.15) is 12.6 Å². The average Bonchev–Trinajstić information content (AvgIpc) is 3.85. The van der Waals surface area contributed by atoms with Crippen molar-refractivity contribution in [2.75, 3.05) is 51.7 Å². The number of thiol groups is 1. The molecule has 1 aliphatic rings. The van der Waals surface area contributed by atoms with Gasteiger partial charge in [-0.15, -0.1) is 0 Å². The number of aliphatic imine (C=N–C) groups is 3. The lowest BCUT2D eigenvalue weighted by molar-refractivity contribution is -0.136. The minimum Gasteiger partial charge on any atom is -0.449 e. The number of unbranched alkanes of at least 4 members (excludes halogenated alkanes) is 1. The van der Waals surface area contributed by atoms with Crippen LogP contribution in [0.2, 0.25) is 0 Å². The van der Waals surface area contributed by atoms with Crippen molar-refractivity contribution in [1.29, 1.82) is 0 Å². The molecule has 33 heteroatoms. The Morgan fingerprint density at radius 3 is 1.51 bits per heavy atom. The molecule has 494 valence electrons. The Hall–Kier alpha value is -8.20. The fraction of sp³-hybridized carbons (Fsp3) is 0.655. The average molecular weight is 1260 g/mol. The Bertz CT molecular complexity index is 2490. The number of aliphatic hydroxyl groups excluding tert-OH is 1. The molecule has 0 spiro atoms. The number of hydrogen-bond donors (Lipinski definition) is 19. The molecule has 1 saturated heterocycles. The normalized spacial score (nSPS) is 15.4.